The lowest BCUT2D eigenvalue weighted by Crippen LogP contribution is -1.89. The van der Waals surface area contributed by atoms with Crippen LogP contribution in [0.25, 0.3) is 11.1 Å². The SMILES string of the molecule is BrCC(Br)c1ccc(-c2ccccc2)cc1. The van der Waals surface area contributed by atoms with E-state index in [2.05, 4.69) is 80.4 Å². The van der Waals surface area contributed by atoms with Crippen molar-refractivity contribution in [3.63, 3.8) is 0 Å². The molecule has 82 valence electrons. The van der Waals surface area contributed by atoms with E-state index >= 15 is 0 Å². The Kier molecular flexibility index (Phi) is 4.19. The van der Waals surface area contributed by atoms with E-state index in [0.29, 0.717) is 4.83 Å². The first kappa shape index (κ1) is 11.9. The van der Waals surface area contributed by atoms with Gasteiger partial charge in [0.25, 0.3) is 0 Å². The van der Waals surface area contributed by atoms with Crippen LogP contribution in [0.1, 0.15) is 10.4 Å². The molecule has 0 nitrogen and oxygen atoms in total. The molecule has 0 heterocycles. The highest BCUT2D eigenvalue weighted by molar-refractivity contribution is 9.12. The number of halogens is 2. The second-order valence-electron chi connectivity index (χ2n) is 3.61. The average Bonchev–Trinajstić information content (AvgIpc) is 2.39. The van der Waals surface area contributed by atoms with Crippen LogP contribution in [0.4, 0.5) is 0 Å². The first-order valence-corrected chi connectivity index (χ1v) is 7.20. The van der Waals surface area contributed by atoms with Crippen LogP contribution in [0.5, 0.6) is 0 Å². The lowest BCUT2D eigenvalue weighted by atomic mass is 10.0. The third kappa shape index (κ3) is 2.74. The number of hydrogen-bond acceptors (Lipinski definition) is 0. The molecule has 16 heavy (non-hydrogen) atoms. The van der Waals surface area contributed by atoms with Crippen LogP contribution in [0, 0.1) is 0 Å². The van der Waals surface area contributed by atoms with Crippen molar-refractivity contribution in [3.05, 3.63) is 60.2 Å². The number of alkyl halides is 2. The standard InChI is InChI=1S/C14H12Br2/c15-10-14(16)13-8-6-12(7-9-13)11-4-2-1-3-5-11/h1-9,14H,10H2. The van der Waals surface area contributed by atoms with Crippen molar-refractivity contribution in [2.75, 3.05) is 5.33 Å². The maximum atomic E-state index is 3.62. The normalized spacial score (nSPS) is 12.4. The zero-order valence-electron chi connectivity index (χ0n) is 8.74. The molecule has 0 N–H and O–H groups in total. The van der Waals surface area contributed by atoms with Gasteiger partial charge in [-0.15, -0.1) is 0 Å². The maximum Gasteiger partial charge on any atom is 0.0492 e. The first-order valence-electron chi connectivity index (χ1n) is 5.16. The lowest BCUT2D eigenvalue weighted by molar-refractivity contribution is 1.15. The Morgan fingerprint density at radius 1 is 0.812 bits per heavy atom. The summed E-state index contributed by atoms with van der Waals surface area (Å²) in [6.07, 6.45) is 0. The zero-order valence-corrected chi connectivity index (χ0v) is 11.9. The Bertz CT molecular complexity index is 434. The molecule has 0 fully saturated rings. The highest BCUT2D eigenvalue weighted by Gasteiger charge is 2.05. The summed E-state index contributed by atoms with van der Waals surface area (Å²) in [4.78, 5) is 0.386. The van der Waals surface area contributed by atoms with E-state index in [9.17, 15) is 0 Å². The van der Waals surface area contributed by atoms with Crippen molar-refractivity contribution in [2.45, 2.75) is 4.83 Å². The van der Waals surface area contributed by atoms with Crippen LogP contribution < -0.4 is 0 Å². The summed E-state index contributed by atoms with van der Waals surface area (Å²) in [6.45, 7) is 0. The van der Waals surface area contributed by atoms with Gasteiger partial charge in [-0.25, -0.2) is 0 Å². The smallest absolute Gasteiger partial charge is 0.0492 e. The van der Waals surface area contributed by atoms with Crippen LogP contribution in [0.15, 0.2) is 54.6 Å². The molecular weight excluding hydrogens is 328 g/mol. The Morgan fingerprint density at radius 2 is 1.38 bits per heavy atom. The maximum absolute atomic E-state index is 3.62. The monoisotopic (exact) mass is 338 g/mol. The van der Waals surface area contributed by atoms with Gasteiger partial charge < -0.3 is 0 Å². The molecule has 2 aromatic carbocycles. The van der Waals surface area contributed by atoms with Crippen LogP contribution >= 0.6 is 31.9 Å². The van der Waals surface area contributed by atoms with Gasteiger partial charge in [-0.05, 0) is 16.7 Å². The van der Waals surface area contributed by atoms with Crippen LogP contribution in [-0.2, 0) is 0 Å². The van der Waals surface area contributed by atoms with Crippen LogP contribution in [-0.4, -0.2) is 5.33 Å². The Balaban J connectivity index is 2.26. The summed E-state index contributed by atoms with van der Waals surface area (Å²) in [5.74, 6) is 0. The topological polar surface area (TPSA) is 0 Å². The third-order valence-electron chi connectivity index (χ3n) is 2.51. The Labute approximate surface area is 113 Å². The quantitative estimate of drug-likeness (QED) is 0.675. The first-order chi connectivity index (χ1) is 7.81. The van der Waals surface area contributed by atoms with Crippen molar-refractivity contribution < 1.29 is 0 Å². The van der Waals surface area contributed by atoms with E-state index in [1.54, 1.807) is 0 Å². The van der Waals surface area contributed by atoms with Gasteiger partial charge in [0.15, 0.2) is 0 Å². The molecule has 0 spiro atoms. The number of hydrogen-bond donors (Lipinski definition) is 0. The van der Waals surface area contributed by atoms with Crippen LogP contribution in [0.3, 0.4) is 0 Å². The fraction of sp³-hybridized carbons (Fsp3) is 0.143. The molecule has 1 atom stereocenters. The summed E-state index contributed by atoms with van der Waals surface area (Å²) in [5.41, 5.74) is 3.83. The minimum Gasteiger partial charge on any atom is -0.0912 e. The molecule has 2 rings (SSSR count). The summed E-state index contributed by atoms with van der Waals surface area (Å²) in [5, 5.41) is 0.928. The van der Waals surface area contributed by atoms with Gasteiger partial charge in [0.2, 0.25) is 0 Å². The molecular formula is C14H12Br2. The molecule has 0 aliphatic rings. The molecule has 0 aliphatic carbocycles. The second kappa shape index (κ2) is 5.65. The molecule has 0 radical (unpaired) electrons. The molecule has 1 unspecified atom stereocenters. The highest BCUT2D eigenvalue weighted by atomic mass is 79.9. The third-order valence-corrected chi connectivity index (χ3v) is 4.88. The number of rotatable bonds is 3. The Hall–Kier alpha value is -0.600. The lowest BCUT2D eigenvalue weighted by Gasteiger charge is -2.07. The molecule has 0 aliphatic heterocycles. The highest BCUT2D eigenvalue weighted by Crippen LogP contribution is 2.27. The van der Waals surface area contributed by atoms with Gasteiger partial charge in [-0.1, -0.05) is 86.5 Å². The van der Waals surface area contributed by atoms with Gasteiger partial charge in [0.05, 0.1) is 0 Å². The second-order valence-corrected chi connectivity index (χ2v) is 5.36. The van der Waals surface area contributed by atoms with Gasteiger partial charge in [0.1, 0.15) is 0 Å². The molecule has 0 saturated carbocycles. The summed E-state index contributed by atoms with van der Waals surface area (Å²) in [7, 11) is 0. The average molecular weight is 340 g/mol. The Morgan fingerprint density at radius 3 is 1.94 bits per heavy atom. The van der Waals surface area contributed by atoms with E-state index < -0.39 is 0 Å². The largest absolute Gasteiger partial charge is 0.0912 e. The fourth-order valence-electron chi connectivity index (χ4n) is 1.60. The van der Waals surface area contributed by atoms with E-state index in [1.165, 1.54) is 16.7 Å². The molecule has 2 heteroatoms. The molecule has 0 bridgehead atoms. The van der Waals surface area contributed by atoms with E-state index in [0.717, 1.165) is 5.33 Å². The molecule has 0 saturated heterocycles. The number of benzene rings is 2. The summed E-state index contributed by atoms with van der Waals surface area (Å²) in [6, 6.07) is 19.1. The fourth-order valence-corrected chi connectivity index (χ4v) is 2.28. The van der Waals surface area contributed by atoms with E-state index in [1.807, 2.05) is 6.07 Å². The molecule has 0 aromatic heterocycles. The predicted octanol–water partition coefficient (Wildman–Crippen LogP) is 5.18. The molecule has 0 amide bonds. The van der Waals surface area contributed by atoms with E-state index in [-0.39, 0.29) is 0 Å². The van der Waals surface area contributed by atoms with Crippen molar-refractivity contribution in [3.8, 4) is 11.1 Å². The minimum absolute atomic E-state index is 0.386. The van der Waals surface area contributed by atoms with Gasteiger partial charge in [-0.3, -0.25) is 0 Å². The van der Waals surface area contributed by atoms with Crippen molar-refractivity contribution in [1.29, 1.82) is 0 Å². The zero-order chi connectivity index (χ0) is 11.4. The van der Waals surface area contributed by atoms with Gasteiger partial charge in [0, 0.05) is 10.2 Å². The van der Waals surface area contributed by atoms with Gasteiger partial charge >= 0.3 is 0 Å². The van der Waals surface area contributed by atoms with Crippen LogP contribution in [0.2, 0.25) is 0 Å². The van der Waals surface area contributed by atoms with Gasteiger partial charge in [-0.2, -0.15) is 0 Å². The van der Waals surface area contributed by atoms with Crippen molar-refractivity contribution in [2.24, 2.45) is 0 Å². The summed E-state index contributed by atoms with van der Waals surface area (Å²) >= 11 is 7.09. The minimum atomic E-state index is 0.386. The molecule has 2 aromatic rings. The van der Waals surface area contributed by atoms with Crippen molar-refractivity contribution >= 4 is 31.9 Å². The van der Waals surface area contributed by atoms with E-state index in [4.69, 9.17) is 0 Å². The predicted molar refractivity (Wildman–Crippen MR) is 77.3 cm³/mol. The summed E-state index contributed by atoms with van der Waals surface area (Å²) < 4.78 is 0. The van der Waals surface area contributed by atoms with Crippen molar-refractivity contribution in [1.82, 2.24) is 0 Å².